The second-order valence-corrected chi connectivity index (χ2v) is 5.95. The predicted octanol–water partition coefficient (Wildman–Crippen LogP) is 2.85. The fraction of sp³-hybridized carbons (Fsp3) is 0.333. The maximum Gasteiger partial charge on any atom is 0.341 e. The predicted molar refractivity (Wildman–Crippen MR) is 90.6 cm³/mol. The van der Waals surface area contributed by atoms with E-state index in [0.717, 1.165) is 16.8 Å². The van der Waals surface area contributed by atoms with Crippen LogP contribution in [0.2, 0.25) is 0 Å². The van der Waals surface area contributed by atoms with E-state index in [1.54, 1.807) is 0 Å². The number of carboxylic acid groups (broad SMARTS) is 1. The molecule has 0 radical (unpaired) electrons. The van der Waals surface area contributed by atoms with E-state index in [2.05, 4.69) is 4.98 Å². The number of anilines is 1. The summed E-state index contributed by atoms with van der Waals surface area (Å²) in [4.78, 5) is 27.7. The molecule has 0 saturated carbocycles. The topological polar surface area (TPSA) is 73.4 Å². The Morgan fingerprint density at radius 3 is 2.62 bits per heavy atom. The first-order valence-electron chi connectivity index (χ1n) is 7.98. The van der Waals surface area contributed by atoms with Crippen molar-refractivity contribution in [2.24, 2.45) is 0 Å². The molecule has 1 aliphatic rings. The summed E-state index contributed by atoms with van der Waals surface area (Å²) in [5.74, 6) is -1.23. The Hall–Kier alpha value is -2.63. The zero-order valence-electron chi connectivity index (χ0n) is 13.4. The van der Waals surface area contributed by atoms with Crippen molar-refractivity contribution in [3.63, 3.8) is 0 Å². The third kappa shape index (κ3) is 3.04. The molecular weight excluding hydrogens is 311 g/mol. The lowest BCUT2D eigenvalue weighted by Gasteiger charge is -2.18. The lowest BCUT2D eigenvalue weighted by molar-refractivity contribution is 0.0695. The summed E-state index contributed by atoms with van der Waals surface area (Å²) in [6.07, 6.45) is 0.367. The lowest BCUT2D eigenvalue weighted by atomic mass is 10.0. The first-order chi connectivity index (χ1) is 11.5. The molecule has 0 amide bonds. The number of aromatic carboxylic acids is 1. The number of hydrogen-bond acceptors (Lipinski definition) is 3. The van der Waals surface area contributed by atoms with E-state index in [1.165, 1.54) is 6.07 Å². The molecule has 5 nitrogen and oxygen atoms in total. The number of nitrogens with zero attached hydrogens (tertiary/aromatic N) is 1. The molecule has 1 saturated heterocycles. The van der Waals surface area contributed by atoms with Crippen molar-refractivity contribution >= 4 is 11.7 Å². The van der Waals surface area contributed by atoms with E-state index in [9.17, 15) is 14.0 Å². The van der Waals surface area contributed by atoms with Crippen LogP contribution in [-0.2, 0) is 6.42 Å². The molecule has 1 fully saturated rings. The maximum absolute atomic E-state index is 13.3. The maximum atomic E-state index is 13.3. The molecule has 0 aliphatic carbocycles. The Labute approximate surface area is 138 Å². The van der Waals surface area contributed by atoms with Crippen LogP contribution in [0.5, 0.6) is 0 Å². The van der Waals surface area contributed by atoms with Gasteiger partial charge < -0.3 is 15.0 Å². The van der Waals surface area contributed by atoms with Crippen molar-refractivity contribution in [1.82, 2.24) is 4.98 Å². The Morgan fingerprint density at radius 2 is 2.08 bits per heavy atom. The summed E-state index contributed by atoms with van der Waals surface area (Å²) in [5.41, 5.74) is 2.28. The van der Waals surface area contributed by atoms with Crippen molar-refractivity contribution < 1.29 is 14.3 Å². The van der Waals surface area contributed by atoms with Crippen molar-refractivity contribution in [2.75, 3.05) is 18.0 Å². The van der Waals surface area contributed by atoms with Crippen LogP contribution in [0.3, 0.4) is 0 Å². The first kappa shape index (κ1) is 16.2. The van der Waals surface area contributed by atoms with E-state index in [1.807, 2.05) is 36.1 Å². The summed E-state index contributed by atoms with van der Waals surface area (Å²) in [6.45, 7) is 3.01. The molecule has 24 heavy (non-hydrogen) atoms. The van der Waals surface area contributed by atoms with Crippen LogP contribution in [0.1, 0.15) is 29.3 Å². The van der Waals surface area contributed by atoms with Crippen LogP contribution in [-0.4, -0.2) is 35.3 Å². The monoisotopic (exact) mass is 330 g/mol. The highest BCUT2D eigenvalue weighted by Crippen LogP contribution is 2.27. The molecular formula is C18H19FN2O3. The first-order valence-corrected chi connectivity index (χ1v) is 7.98. The Bertz CT molecular complexity index is 814. The zero-order chi connectivity index (χ0) is 17.3. The number of hydrogen-bond donors (Lipinski definition) is 2. The second kappa shape index (κ2) is 6.47. The summed E-state index contributed by atoms with van der Waals surface area (Å²) in [6, 6.07) is 8.96. The minimum absolute atomic E-state index is 0.252. The summed E-state index contributed by atoms with van der Waals surface area (Å²) in [7, 11) is 0. The van der Waals surface area contributed by atoms with Crippen molar-refractivity contribution in [2.45, 2.75) is 25.9 Å². The van der Waals surface area contributed by atoms with E-state index in [0.29, 0.717) is 31.6 Å². The molecule has 3 rings (SSSR count). The number of aryl methyl sites for hydroxylation is 1. The highest BCUT2D eigenvalue weighted by molar-refractivity contribution is 5.88. The number of halogens is 1. The quantitative estimate of drug-likeness (QED) is 0.904. The molecule has 2 N–H and O–H groups in total. The molecule has 2 heterocycles. The number of carboxylic acids is 1. The fourth-order valence-corrected chi connectivity index (χ4v) is 3.06. The summed E-state index contributed by atoms with van der Waals surface area (Å²) in [5, 5.41) is 9.07. The van der Waals surface area contributed by atoms with Gasteiger partial charge in [-0.3, -0.25) is 4.79 Å². The number of benzene rings is 1. The third-order valence-electron chi connectivity index (χ3n) is 4.39. The van der Waals surface area contributed by atoms with Crippen LogP contribution in [0.15, 0.2) is 35.1 Å². The standard InChI is InChI=1S/C18H19FN2O3/c1-2-11-9-15(18(23)24)17(22)20-16(11)12-3-5-14(6-4-12)21-8-7-13(19)10-21/h3-6,9,13H,2,7-8,10H2,1H3,(H,20,22)(H,23,24)/t13-/m0/s1. The summed E-state index contributed by atoms with van der Waals surface area (Å²) >= 11 is 0. The average molecular weight is 330 g/mol. The van der Waals surface area contributed by atoms with Crippen LogP contribution < -0.4 is 10.5 Å². The normalized spacial score (nSPS) is 17.2. The molecule has 1 aliphatic heterocycles. The van der Waals surface area contributed by atoms with Crippen LogP contribution in [0, 0.1) is 0 Å². The smallest absolute Gasteiger partial charge is 0.341 e. The van der Waals surface area contributed by atoms with Gasteiger partial charge in [-0.05, 0) is 42.2 Å². The van der Waals surface area contributed by atoms with Gasteiger partial charge in [0.1, 0.15) is 11.7 Å². The molecule has 6 heteroatoms. The van der Waals surface area contributed by atoms with E-state index in [4.69, 9.17) is 5.11 Å². The number of rotatable bonds is 4. The van der Waals surface area contributed by atoms with Gasteiger partial charge in [-0.15, -0.1) is 0 Å². The Balaban J connectivity index is 1.95. The number of carbonyl (C=O) groups is 1. The third-order valence-corrected chi connectivity index (χ3v) is 4.39. The molecule has 2 aromatic rings. The zero-order valence-corrected chi connectivity index (χ0v) is 13.4. The second-order valence-electron chi connectivity index (χ2n) is 5.95. The van der Waals surface area contributed by atoms with Gasteiger partial charge in [0.15, 0.2) is 0 Å². The van der Waals surface area contributed by atoms with Crippen LogP contribution >= 0.6 is 0 Å². The number of aromatic nitrogens is 1. The molecule has 1 atom stereocenters. The highest BCUT2D eigenvalue weighted by Gasteiger charge is 2.22. The molecule has 1 aromatic heterocycles. The van der Waals surface area contributed by atoms with Gasteiger partial charge in [-0.2, -0.15) is 0 Å². The SMILES string of the molecule is CCc1cc(C(=O)O)c(=O)[nH]c1-c1ccc(N2CC[C@H](F)C2)cc1. The molecule has 0 bridgehead atoms. The van der Waals surface area contributed by atoms with Crippen LogP contribution in [0.25, 0.3) is 11.3 Å². The number of aromatic amines is 1. The average Bonchev–Trinajstić information content (AvgIpc) is 3.01. The summed E-state index contributed by atoms with van der Waals surface area (Å²) < 4.78 is 13.3. The van der Waals surface area contributed by atoms with Gasteiger partial charge in [-0.25, -0.2) is 9.18 Å². The van der Waals surface area contributed by atoms with Gasteiger partial charge in [0, 0.05) is 18.8 Å². The van der Waals surface area contributed by atoms with Gasteiger partial charge in [0.25, 0.3) is 5.56 Å². The van der Waals surface area contributed by atoms with Gasteiger partial charge in [0.05, 0.1) is 5.69 Å². The van der Waals surface area contributed by atoms with E-state index in [-0.39, 0.29) is 5.56 Å². The molecule has 0 unspecified atom stereocenters. The van der Waals surface area contributed by atoms with Crippen molar-refractivity contribution in [1.29, 1.82) is 0 Å². The lowest BCUT2D eigenvalue weighted by Crippen LogP contribution is -2.20. The number of H-pyrrole nitrogens is 1. The highest BCUT2D eigenvalue weighted by atomic mass is 19.1. The van der Waals surface area contributed by atoms with Crippen molar-refractivity contribution in [3.05, 3.63) is 51.8 Å². The van der Waals surface area contributed by atoms with Gasteiger partial charge >= 0.3 is 5.97 Å². The van der Waals surface area contributed by atoms with Crippen molar-refractivity contribution in [3.8, 4) is 11.3 Å². The van der Waals surface area contributed by atoms with E-state index >= 15 is 0 Å². The van der Waals surface area contributed by atoms with Gasteiger partial charge in [-0.1, -0.05) is 19.1 Å². The number of pyridine rings is 1. The Morgan fingerprint density at radius 1 is 1.38 bits per heavy atom. The fourth-order valence-electron chi connectivity index (χ4n) is 3.06. The minimum atomic E-state index is -1.23. The minimum Gasteiger partial charge on any atom is -0.477 e. The van der Waals surface area contributed by atoms with Gasteiger partial charge in [0.2, 0.25) is 0 Å². The van der Waals surface area contributed by atoms with E-state index < -0.39 is 17.7 Å². The number of nitrogens with one attached hydrogen (secondary N) is 1. The van der Waals surface area contributed by atoms with Crippen LogP contribution in [0.4, 0.5) is 10.1 Å². The molecule has 1 aromatic carbocycles. The number of alkyl halides is 1. The largest absolute Gasteiger partial charge is 0.477 e. The molecule has 126 valence electrons. The Kier molecular flexibility index (Phi) is 4.38. The molecule has 0 spiro atoms.